The minimum atomic E-state index is -0.387. The maximum Gasteiger partial charge on any atom is 0.255 e. The molecule has 0 aliphatic heterocycles. The van der Waals surface area contributed by atoms with E-state index in [9.17, 15) is 10.1 Å². The van der Waals surface area contributed by atoms with Crippen LogP contribution in [0.4, 0.5) is 0 Å². The van der Waals surface area contributed by atoms with E-state index in [4.69, 9.17) is 0 Å². The SMILES string of the molecule is Cc1nnc(SC[N+](=O)[O-])s1. The summed E-state index contributed by atoms with van der Waals surface area (Å²) in [5.74, 6) is -0.144. The van der Waals surface area contributed by atoms with Crippen LogP contribution in [-0.2, 0) is 0 Å². The molecule has 1 heterocycles. The summed E-state index contributed by atoms with van der Waals surface area (Å²) >= 11 is 2.46. The Hall–Kier alpha value is -0.690. The summed E-state index contributed by atoms with van der Waals surface area (Å²) in [6, 6.07) is 0. The highest BCUT2D eigenvalue weighted by Crippen LogP contribution is 2.20. The standard InChI is InChI=1S/C4H5N3O2S2/c1-3-5-6-4(11-3)10-2-7(8)9/h2H2,1H3. The zero-order valence-corrected chi connectivity index (χ0v) is 7.31. The molecule has 0 bridgehead atoms. The molecule has 0 radical (unpaired) electrons. The Labute approximate surface area is 71.0 Å². The van der Waals surface area contributed by atoms with Crippen molar-refractivity contribution in [3.8, 4) is 0 Å². The maximum absolute atomic E-state index is 9.92. The van der Waals surface area contributed by atoms with Crippen molar-refractivity contribution in [3.63, 3.8) is 0 Å². The predicted octanol–water partition coefficient (Wildman–Crippen LogP) is 1.17. The molecule has 1 aromatic heterocycles. The van der Waals surface area contributed by atoms with Gasteiger partial charge in [0.25, 0.3) is 5.88 Å². The van der Waals surface area contributed by atoms with Gasteiger partial charge in [-0.3, -0.25) is 10.1 Å². The van der Waals surface area contributed by atoms with Crippen molar-refractivity contribution in [2.45, 2.75) is 11.3 Å². The second-order valence-corrected chi connectivity index (χ2v) is 4.07. The van der Waals surface area contributed by atoms with E-state index in [1.807, 2.05) is 6.92 Å². The van der Waals surface area contributed by atoms with Crippen LogP contribution in [0.25, 0.3) is 0 Å². The zero-order chi connectivity index (χ0) is 8.27. The Morgan fingerprint density at radius 3 is 2.91 bits per heavy atom. The fourth-order valence-corrected chi connectivity index (χ4v) is 1.93. The van der Waals surface area contributed by atoms with E-state index in [1.54, 1.807) is 0 Å². The highest BCUT2D eigenvalue weighted by atomic mass is 32.2. The highest BCUT2D eigenvalue weighted by molar-refractivity contribution is 8.00. The fourth-order valence-electron chi connectivity index (χ4n) is 0.445. The molecule has 0 N–H and O–H groups in total. The van der Waals surface area contributed by atoms with Gasteiger partial charge in [0.1, 0.15) is 5.01 Å². The Balaban J connectivity index is 2.45. The summed E-state index contributed by atoms with van der Waals surface area (Å²) in [6.45, 7) is 1.81. The number of rotatable bonds is 3. The molecule has 0 fully saturated rings. The van der Waals surface area contributed by atoms with Crippen LogP contribution in [0.15, 0.2) is 4.34 Å². The van der Waals surface area contributed by atoms with E-state index in [2.05, 4.69) is 10.2 Å². The van der Waals surface area contributed by atoms with Crippen LogP contribution in [-0.4, -0.2) is 21.0 Å². The first-order valence-corrected chi connectivity index (χ1v) is 4.53. The average Bonchev–Trinajstić information content (AvgIpc) is 2.31. The van der Waals surface area contributed by atoms with E-state index in [0.29, 0.717) is 4.34 Å². The van der Waals surface area contributed by atoms with E-state index in [-0.39, 0.29) is 10.8 Å². The number of thioether (sulfide) groups is 1. The van der Waals surface area contributed by atoms with E-state index in [0.717, 1.165) is 16.8 Å². The highest BCUT2D eigenvalue weighted by Gasteiger charge is 2.04. The number of aryl methyl sites for hydroxylation is 1. The average molecular weight is 191 g/mol. The second kappa shape index (κ2) is 3.63. The van der Waals surface area contributed by atoms with E-state index >= 15 is 0 Å². The van der Waals surface area contributed by atoms with Gasteiger partial charge < -0.3 is 0 Å². The largest absolute Gasteiger partial charge is 0.264 e. The monoisotopic (exact) mass is 191 g/mol. The van der Waals surface area contributed by atoms with Crippen LogP contribution in [0.3, 0.4) is 0 Å². The molecule has 0 aliphatic carbocycles. The smallest absolute Gasteiger partial charge is 0.255 e. The van der Waals surface area contributed by atoms with Gasteiger partial charge in [0.05, 0.1) is 0 Å². The number of nitro groups is 1. The molecule has 0 aliphatic rings. The Bertz CT molecular complexity index is 262. The van der Waals surface area contributed by atoms with Gasteiger partial charge in [-0.15, -0.1) is 10.2 Å². The number of hydrogen-bond donors (Lipinski definition) is 0. The third-order valence-corrected chi connectivity index (χ3v) is 2.71. The van der Waals surface area contributed by atoms with Gasteiger partial charge in [0.2, 0.25) is 0 Å². The van der Waals surface area contributed by atoms with Gasteiger partial charge in [0, 0.05) is 4.92 Å². The van der Waals surface area contributed by atoms with Gasteiger partial charge in [0.15, 0.2) is 4.34 Å². The molecule has 11 heavy (non-hydrogen) atoms. The van der Waals surface area contributed by atoms with Gasteiger partial charge in [-0.25, -0.2) is 0 Å². The first kappa shape index (κ1) is 8.41. The summed E-state index contributed by atoms with van der Waals surface area (Å²) < 4.78 is 0.652. The fraction of sp³-hybridized carbons (Fsp3) is 0.500. The Kier molecular flexibility index (Phi) is 2.77. The van der Waals surface area contributed by atoms with Gasteiger partial charge in [-0.05, 0) is 18.7 Å². The molecular weight excluding hydrogens is 186 g/mol. The topological polar surface area (TPSA) is 68.9 Å². The van der Waals surface area contributed by atoms with Gasteiger partial charge in [-0.1, -0.05) is 11.3 Å². The lowest BCUT2D eigenvalue weighted by atomic mass is 10.9. The van der Waals surface area contributed by atoms with Crippen LogP contribution in [0.2, 0.25) is 0 Å². The van der Waals surface area contributed by atoms with Crippen molar-refractivity contribution in [1.29, 1.82) is 0 Å². The second-order valence-electron chi connectivity index (χ2n) is 1.69. The molecule has 0 unspecified atom stereocenters. The Morgan fingerprint density at radius 1 is 1.73 bits per heavy atom. The number of hydrogen-bond acceptors (Lipinski definition) is 6. The molecule has 1 aromatic rings. The minimum Gasteiger partial charge on any atom is -0.264 e. The maximum atomic E-state index is 9.92. The molecule has 0 saturated heterocycles. The normalized spacial score (nSPS) is 9.91. The van der Waals surface area contributed by atoms with Crippen molar-refractivity contribution in [3.05, 3.63) is 15.1 Å². The van der Waals surface area contributed by atoms with Gasteiger partial charge in [-0.2, -0.15) is 0 Å². The first-order valence-electron chi connectivity index (χ1n) is 2.73. The molecule has 0 spiro atoms. The van der Waals surface area contributed by atoms with E-state index < -0.39 is 0 Å². The lowest BCUT2D eigenvalue weighted by Gasteiger charge is -1.86. The molecule has 0 atom stereocenters. The number of aromatic nitrogens is 2. The quantitative estimate of drug-likeness (QED) is 0.310. The van der Waals surface area contributed by atoms with Crippen molar-refractivity contribution >= 4 is 23.1 Å². The van der Waals surface area contributed by atoms with Crippen LogP contribution in [0.5, 0.6) is 0 Å². The molecular formula is C4H5N3O2S2. The summed E-state index contributed by atoms with van der Waals surface area (Å²) in [7, 11) is 0. The molecule has 60 valence electrons. The van der Waals surface area contributed by atoms with Crippen molar-refractivity contribution in [1.82, 2.24) is 10.2 Å². The molecule has 5 nitrogen and oxygen atoms in total. The van der Waals surface area contributed by atoms with Crippen LogP contribution < -0.4 is 0 Å². The van der Waals surface area contributed by atoms with Crippen LogP contribution in [0.1, 0.15) is 5.01 Å². The molecule has 0 aromatic carbocycles. The van der Waals surface area contributed by atoms with Crippen molar-refractivity contribution < 1.29 is 4.92 Å². The van der Waals surface area contributed by atoms with Crippen LogP contribution in [0, 0.1) is 17.0 Å². The predicted molar refractivity (Wildman–Crippen MR) is 42.4 cm³/mol. The number of nitrogens with zero attached hydrogens (tertiary/aromatic N) is 3. The molecule has 1 rings (SSSR count). The molecule has 7 heteroatoms. The summed E-state index contributed by atoms with van der Waals surface area (Å²) in [5.41, 5.74) is 0. The lowest BCUT2D eigenvalue weighted by molar-refractivity contribution is -0.456. The third-order valence-electron chi connectivity index (χ3n) is 0.801. The molecule has 0 saturated carbocycles. The summed E-state index contributed by atoms with van der Waals surface area (Å²) in [5, 5.41) is 18.2. The van der Waals surface area contributed by atoms with Crippen molar-refractivity contribution in [2.24, 2.45) is 0 Å². The zero-order valence-electron chi connectivity index (χ0n) is 5.68. The van der Waals surface area contributed by atoms with Gasteiger partial charge >= 0.3 is 0 Å². The minimum absolute atomic E-state index is 0.144. The van der Waals surface area contributed by atoms with Crippen molar-refractivity contribution in [2.75, 3.05) is 5.88 Å². The first-order chi connectivity index (χ1) is 5.18. The Morgan fingerprint density at radius 2 is 2.45 bits per heavy atom. The van der Waals surface area contributed by atoms with E-state index in [1.165, 1.54) is 11.3 Å². The van der Waals surface area contributed by atoms with Crippen LogP contribution >= 0.6 is 23.1 Å². The summed E-state index contributed by atoms with van der Waals surface area (Å²) in [4.78, 5) is 9.53. The third kappa shape index (κ3) is 2.81. The molecule has 0 amide bonds. The lowest BCUT2D eigenvalue weighted by Crippen LogP contribution is -1.94. The summed E-state index contributed by atoms with van der Waals surface area (Å²) in [6.07, 6.45) is 0.